The van der Waals surface area contributed by atoms with Crippen molar-refractivity contribution in [3.63, 3.8) is 0 Å². The molecule has 0 aliphatic carbocycles. The lowest BCUT2D eigenvalue weighted by Gasteiger charge is -2.11. The number of benzene rings is 1. The van der Waals surface area contributed by atoms with E-state index >= 15 is 0 Å². The molecule has 0 spiro atoms. The minimum absolute atomic E-state index is 0.240. The van der Waals surface area contributed by atoms with Crippen molar-refractivity contribution in [3.05, 3.63) is 41.4 Å². The van der Waals surface area contributed by atoms with Crippen molar-refractivity contribution >= 4 is 34.3 Å². The highest BCUT2D eigenvalue weighted by molar-refractivity contribution is 6.30. The van der Waals surface area contributed by atoms with Crippen molar-refractivity contribution in [3.8, 4) is 0 Å². The number of nitrogens with zero attached hydrogens (tertiary/aromatic N) is 4. The predicted molar refractivity (Wildman–Crippen MR) is 93.8 cm³/mol. The van der Waals surface area contributed by atoms with E-state index < -0.39 is 0 Å². The Balaban J connectivity index is 1.66. The maximum Gasteiger partial charge on any atom is 0.165 e. The molecule has 4 rings (SSSR count). The summed E-state index contributed by atoms with van der Waals surface area (Å²) < 4.78 is 7.74. The number of fused-ring (bicyclic) bond motifs is 1. The van der Waals surface area contributed by atoms with E-state index in [9.17, 15) is 0 Å². The van der Waals surface area contributed by atoms with Crippen LogP contribution in [-0.4, -0.2) is 32.2 Å². The van der Waals surface area contributed by atoms with E-state index in [1.54, 1.807) is 12.7 Å². The summed E-state index contributed by atoms with van der Waals surface area (Å²) >= 11 is 6.09. The van der Waals surface area contributed by atoms with E-state index in [2.05, 4.69) is 20.3 Å². The number of rotatable bonds is 4. The van der Waals surface area contributed by atoms with E-state index in [1.807, 2.05) is 29.7 Å². The number of hydrogen-bond donors (Lipinski definition) is 1. The predicted octanol–water partition coefficient (Wildman–Crippen LogP) is 3.71. The molecule has 1 aliphatic rings. The molecule has 2 aromatic heterocycles. The van der Waals surface area contributed by atoms with Crippen molar-refractivity contribution in [2.75, 3.05) is 11.9 Å². The van der Waals surface area contributed by atoms with E-state index in [0.29, 0.717) is 10.8 Å². The third kappa shape index (κ3) is 2.95. The van der Waals surface area contributed by atoms with Crippen LogP contribution in [0.3, 0.4) is 0 Å². The fraction of sp³-hybridized carbons (Fsp3) is 0.353. The molecule has 6 nitrogen and oxygen atoms in total. The molecular formula is C17H18ClN5O. The van der Waals surface area contributed by atoms with E-state index in [-0.39, 0.29) is 6.10 Å². The van der Waals surface area contributed by atoms with Crippen LogP contribution in [0, 0.1) is 6.92 Å². The van der Waals surface area contributed by atoms with Gasteiger partial charge in [-0.1, -0.05) is 17.7 Å². The molecule has 0 bridgehead atoms. The van der Waals surface area contributed by atoms with Gasteiger partial charge < -0.3 is 14.6 Å². The third-order valence-electron chi connectivity index (χ3n) is 4.28. The Kier molecular flexibility index (Phi) is 4.08. The van der Waals surface area contributed by atoms with Gasteiger partial charge >= 0.3 is 0 Å². The zero-order valence-electron chi connectivity index (χ0n) is 13.4. The van der Waals surface area contributed by atoms with Crippen molar-refractivity contribution < 1.29 is 4.74 Å². The van der Waals surface area contributed by atoms with Crippen molar-refractivity contribution in [1.29, 1.82) is 0 Å². The molecule has 0 saturated carbocycles. The molecule has 124 valence electrons. The van der Waals surface area contributed by atoms with E-state index in [1.165, 1.54) is 0 Å². The van der Waals surface area contributed by atoms with Crippen LogP contribution >= 0.6 is 11.6 Å². The van der Waals surface area contributed by atoms with Crippen molar-refractivity contribution in [1.82, 2.24) is 19.5 Å². The summed E-state index contributed by atoms with van der Waals surface area (Å²) in [5.74, 6) is 0.677. The molecule has 1 aliphatic heterocycles. The Morgan fingerprint density at radius 3 is 3.08 bits per heavy atom. The Hall–Kier alpha value is -2.18. The summed E-state index contributed by atoms with van der Waals surface area (Å²) in [4.78, 5) is 13.2. The number of halogens is 1. The Bertz CT molecular complexity index is 873. The van der Waals surface area contributed by atoms with Crippen LogP contribution < -0.4 is 5.32 Å². The first-order valence-electron chi connectivity index (χ1n) is 8.01. The number of aromatic nitrogens is 4. The van der Waals surface area contributed by atoms with Crippen LogP contribution in [0.25, 0.3) is 11.2 Å². The monoisotopic (exact) mass is 343 g/mol. The van der Waals surface area contributed by atoms with Crippen LogP contribution in [-0.2, 0) is 11.3 Å². The second kappa shape index (κ2) is 6.37. The number of ether oxygens (including phenoxy) is 1. The van der Waals surface area contributed by atoms with Crippen molar-refractivity contribution in [2.45, 2.75) is 32.4 Å². The van der Waals surface area contributed by atoms with Gasteiger partial charge in [-0.25, -0.2) is 15.0 Å². The topological polar surface area (TPSA) is 64.9 Å². The number of hydrogen-bond acceptors (Lipinski definition) is 5. The van der Waals surface area contributed by atoms with Gasteiger partial charge in [-0.15, -0.1) is 0 Å². The molecule has 1 saturated heterocycles. The Morgan fingerprint density at radius 2 is 2.25 bits per heavy atom. The molecule has 24 heavy (non-hydrogen) atoms. The highest BCUT2D eigenvalue weighted by Crippen LogP contribution is 2.27. The van der Waals surface area contributed by atoms with Gasteiger partial charge in [-0.05, 0) is 37.5 Å². The largest absolute Gasteiger partial charge is 0.376 e. The lowest BCUT2D eigenvalue weighted by Crippen LogP contribution is -2.14. The first-order chi connectivity index (χ1) is 11.7. The summed E-state index contributed by atoms with van der Waals surface area (Å²) in [6.07, 6.45) is 5.80. The minimum atomic E-state index is 0.240. The van der Waals surface area contributed by atoms with Gasteiger partial charge in [-0.2, -0.15) is 0 Å². The van der Waals surface area contributed by atoms with Gasteiger partial charge in [0.1, 0.15) is 6.33 Å². The van der Waals surface area contributed by atoms with Crippen LogP contribution in [0.4, 0.5) is 11.5 Å². The molecular weight excluding hydrogens is 326 g/mol. The number of imidazole rings is 1. The summed E-state index contributed by atoms with van der Waals surface area (Å²) in [6.45, 7) is 3.63. The Morgan fingerprint density at radius 1 is 1.33 bits per heavy atom. The summed E-state index contributed by atoms with van der Waals surface area (Å²) in [6, 6.07) is 5.72. The molecule has 1 fully saturated rings. The SMILES string of the molecule is Cc1ccc(Cl)cc1Nc1ncnc2c1ncn2CC1CCCO1. The zero-order chi connectivity index (χ0) is 16.5. The number of aryl methyl sites for hydroxylation is 1. The molecule has 1 atom stereocenters. The second-order valence-corrected chi connectivity index (χ2v) is 6.45. The molecule has 7 heteroatoms. The zero-order valence-corrected chi connectivity index (χ0v) is 14.1. The molecule has 0 amide bonds. The summed E-state index contributed by atoms with van der Waals surface area (Å²) in [5, 5.41) is 4.00. The number of anilines is 2. The van der Waals surface area contributed by atoms with Gasteiger partial charge in [0, 0.05) is 17.3 Å². The third-order valence-corrected chi connectivity index (χ3v) is 4.51. The fourth-order valence-electron chi connectivity index (χ4n) is 2.97. The molecule has 1 N–H and O–H groups in total. The van der Waals surface area contributed by atoms with Gasteiger partial charge in [0.2, 0.25) is 0 Å². The smallest absolute Gasteiger partial charge is 0.165 e. The summed E-state index contributed by atoms with van der Waals surface area (Å²) in [7, 11) is 0. The van der Waals surface area contributed by atoms with Gasteiger partial charge in [0.05, 0.1) is 19.0 Å². The van der Waals surface area contributed by atoms with Gasteiger partial charge in [-0.3, -0.25) is 0 Å². The normalized spacial score (nSPS) is 17.5. The number of nitrogens with one attached hydrogen (secondary N) is 1. The summed E-state index contributed by atoms with van der Waals surface area (Å²) in [5.41, 5.74) is 3.55. The quantitative estimate of drug-likeness (QED) is 0.782. The molecule has 1 unspecified atom stereocenters. The van der Waals surface area contributed by atoms with Gasteiger partial charge in [0.15, 0.2) is 17.0 Å². The van der Waals surface area contributed by atoms with Crippen LogP contribution in [0.1, 0.15) is 18.4 Å². The maximum absolute atomic E-state index is 6.09. The minimum Gasteiger partial charge on any atom is -0.376 e. The molecule has 1 aromatic carbocycles. The fourth-order valence-corrected chi connectivity index (χ4v) is 3.14. The molecule has 0 radical (unpaired) electrons. The van der Waals surface area contributed by atoms with Crippen molar-refractivity contribution in [2.24, 2.45) is 0 Å². The van der Waals surface area contributed by atoms with Crippen LogP contribution in [0.2, 0.25) is 5.02 Å². The molecule has 3 heterocycles. The first-order valence-corrected chi connectivity index (χ1v) is 8.39. The average Bonchev–Trinajstić information content (AvgIpc) is 3.22. The lowest BCUT2D eigenvalue weighted by atomic mass is 10.2. The standard InChI is InChI=1S/C17H18ClN5O/c1-11-4-5-12(18)7-14(11)22-16-15-17(20-9-19-16)23(10-21-15)8-13-3-2-6-24-13/h4-5,7,9-10,13H,2-3,6,8H2,1H3,(H,19,20,22). The highest BCUT2D eigenvalue weighted by atomic mass is 35.5. The van der Waals surface area contributed by atoms with Gasteiger partial charge in [0.25, 0.3) is 0 Å². The van der Waals surface area contributed by atoms with Crippen LogP contribution in [0.5, 0.6) is 0 Å². The van der Waals surface area contributed by atoms with E-state index in [4.69, 9.17) is 16.3 Å². The first kappa shape index (κ1) is 15.4. The maximum atomic E-state index is 6.09. The Labute approximate surface area is 144 Å². The highest BCUT2D eigenvalue weighted by Gasteiger charge is 2.18. The van der Waals surface area contributed by atoms with Crippen LogP contribution in [0.15, 0.2) is 30.9 Å². The lowest BCUT2D eigenvalue weighted by molar-refractivity contribution is 0.0978. The van der Waals surface area contributed by atoms with E-state index in [0.717, 1.165) is 48.4 Å². The molecule has 3 aromatic rings. The second-order valence-electron chi connectivity index (χ2n) is 6.01. The average molecular weight is 344 g/mol.